The highest BCUT2D eigenvalue weighted by molar-refractivity contribution is 5.73. The van der Waals surface area contributed by atoms with Crippen LogP contribution >= 0.6 is 0 Å². The van der Waals surface area contributed by atoms with Crippen LogP contribution in [-0.2, 0) is 24.5 Å². The first-order chi connectivity index (χ1) is 19.4. The summed E-state index contributed by atoms with van der Waals surface area (Å²) in [5.41, 5.74) is 7.91. The van der Waals surface area contributed by atoms with Gasteiger partial charge in [-0.25, -0.2) is 0 Å². The van der Waals surface area contributed by atoms with Crippen molar-refractivity contribution in [2.45, 2.75) is 32.7 Å². The van der Waals surface area contributed by atoms with Gasteiger partial charge in [-0.3, -0.25) is 10.1 Å². The largest absolute Gasteiger partial charge is 0.488 e. The minimum atomic E-state index is -1.12. The van der Waals surface area contributed by atoms with E-state index in [-0.39, 0.29) is 13.2 Å². The molecule has 7 nitrogen and oxygen atoms in total. The molecule has 4 aromatic rings. The molecule has 0 spiro atoms. The van der Waals surface area contributed by atoms with Gasteiger partial charge in [0.2, 0.25) is 0 Å². The van der Waals surface area contributed by atoms with Crippen molar-refractivity contribution in [3.63, 3.8) is 0 Å². The summed E-state index contributed by atoms with van der Waals surface area (Å²) in [6.45, 7) is 2.75. The highest BCUT2D eigenvalue weighted by atomic mass is 16.5. The monoisotopic (exact) mass is 535 g/mol. The fraction of sp³-hybridized carbons (Fsp3) is 0.212. The number of carboxylic acids is 1. The molecular weight excluding hydrogens is 502 g/mol. The van der Waals surface area contributed by atoms with Crippen LogP contribution < -0.4 is 15.0 Å². The van der Waals surface area contributed by atoms with E-state index in [1.807, 2.05) is 55.6 Å². The molecule has 0 saturated heterocycles. The minimum Gasteiger partial charge on any atom is -0.488 e. The molecule has 0 amide bonds. The quantitative estimate of drug-likeness (QED) is 0.227. The number of aliphatic hydroxyl groups is 1. The lowest BCUT2D eigenvalue weighted by Crippen LogP contribution is -2.39. The molecule has 0 aliphatic carbocycles. The molecular formula is C33H33N3O4. The van der Waals surface area contributed by atoms with E-state index in [9.17, 15) is 20.3 Å². The van der Waals surface area contributed by atoms with Crippen LogP contribution in [0.15, 0.2) is 91.0 Å². The smallest absolute Gasteiger partial charge is 0.323 e. The number of nitriles is 1. The van der Waals surface area contributed by atoms with Crippen molar-refractivity contribution in [2.24, 2.45) is 0 Å². The lowest BCUT2D eigenvalue weighted by molar-refractivity contribution is -0.140. The second-order valence-electron chi connectivity index (χ2n) is 9.66. The zero-order chi connectivity index (χ0) is 28.5. The summed E-state index contributed by atoms with van der Waals surface area (Å²) in [7, 11) is 2.02. The van der Waals surface area contributed by atoms with Gasteiger partial charge in [-0.05, 0) is 52.9 Å². The normalized spacial score (nSPS) is 11.4. The molecule has 0 aliphatic rings. The van der Waals surface area contributed by atoms with Gasteiger partial charge in [-0.1, -0.05) is 66.7 Å². The Labute approximate surface area is 234 Å². The number of nitrogens with zero attached hydrogens (tertiary/aromatic N) is 2. The van der Waals surface area contributed by atoms with Gasteiger partial charge in [-0.15, -0.1) is 0 Å². The molecule has 1 unspecified atom stereocenters. The summed E-state index contributed by atoms with van der Waals surface area (Å²) in [6.07, 6.45) is 0. The molecule has 1 atom stereocenters. The number of carbonyl (C=O) groups is 1. The third-order valence-electron chi connectivity index (χ3n) is 6.90. The summed E-state index contributed by atoms with van der Waals surface area (Å²) in [4.78, 5) is 13.5. The van der Waals surface area contributed by atoms with Crippen LogP contribution in [0.5, 0.6) is 5.75 Å². The lowest BCUT2D eigenvalue weighted by atomic mass is 9.96. The first kappa shape index (κ1) is 28.4. The topological polar surface area (TPSA) is 106 Å². The van der Waals surface area contributed by atoms with Crippen LogP contribution in [0.4, 0.5) is 5.69 Å². The zero-order valence-electron chi connectivity index (χ0n) is 22.7. The summed E-state index contributed by atoms with van der Waals surface area (Å²) in [6, 6.07) is 30.8. The van der Waals surface area contributed by atoms with Gasteiger partial charge in [-0.2, -0.15) is 5.26 Å². The zero-order valence-corrected chi connectivity index (χ0v) is 22.7. The van der Waals surface area contributed by atoms with Gasteiger partial charge >= 0.3 is 5.97 Å². The summed E-state index contributed by atoms with van der Waals surface area (Å²) >= 11 is 0. The summed E-state index contributed by atoms with van der Waals surface area (Å²) in [5, 5.41) is 30.8. The van der Waals surface area contributed by atoms with E-state index in [0.29, 0.717) is 17.9 Å². The Balaban J connectivity index is 1.58. The highest BCUT2D eigenvalue weighted by Gasteiger charge is 2.17. The van der Waals surface area contributed by atoms with E-state index >= 15 is 0 Å². The minimum absolute atomic E-state index is 0.202. The predicted octanol–water partition coefficient (Wildman–Crippen LogP) is 5.28. The van der Waals surface area contributed by atoms with Gasteiger partial charge in [0, 0.05) is 37.5 Å². The number of benzene rings is 4. The maximum absolute atomic E-state index is 11.4. The van der Waals surface area contributed by atoms with Gasteiger partial charge < -0.3 is 19.8 Å². The molecule has 204 valence electrons. The van der Waals surface area contributed by atoms with Crippen LogP contribution in [0.3, 0.4) is 0 Å². The van der Waals surface area contributed by atoms with Gasteiger partial charge in [0.25, 0.3) is 0 Å². The Bertz CT molecular complexity index is 1500. The number of rotatable bonds is 12. The van der Waals surface area contributed by atoms with Crippen LogP contribution in [0.25, 0.3) is 11.1 Å². The second kappa shape index (κ2) is 13.4. The van der Waals surface area contributed by atoms with Crippen molar-refractivity contribution in [2.75, 3.05) is 18.6 Å². The third-order valence-corrected chi connectivity index (χ3v) is 6.90. The number of ether oxygens (including phenoxy) is 1. The molecule has 3 N–H and O–H groups in total. The van der Waals surface area contributed by atoms with Crippen LogP contribution in [0.2, 0.25) is 0 Å². The van der Waals surface area contributed by atoms with Crippen LogP contribution in [0.1, 0.15) is 27.8 Å². The molecule has 0 aromatic heterocycles. The van der Waals surface area contributed by atoms with Gasteiger partial charge in [0.15, 0.2) is 0 Å². The predicted molar refractivity (Wildman–Crippen MR) is 156 cm³/mol. The van der Waals surface area contributed by atoms with Gasteiger partial charge in [0.1, 0.15) is 18.4 Å². The first-order valence-corrected chi connectivity index (χ1v) is 13.1. The lowest BCUT2D eigenvalue weighted by Gasteiger charge is -2.23. The average molecular weight is 536 g/mol. The van der Waals surface area contributed by atoms with Crippen molar-refractivity contribution in [3.8, 4) is 22.9 Å². The SMILES string of the molecule is Cc1c(CN(C)c2ccc(CNC(CO)C(=O)O)c(OCc3cccc(C#N)c3)c2)cccc1-c1ccccc1. The van der Waals surface area contributed by atoms with Gasteiger partial charge in [0.05, 0.1) is 18.2 Å². The van der Waals surface area contributed by atoms with E-state index in [0.717, 1.165) is 16.8 Å². The molecule has 4 aromatic carbocycles. The maximum atomic E-state index is 11.4. The molecule has 4 rings (SSSR count). The fourth-order valence-electron chi connectivity index (χ4n) is 4.55. The number of nitrogens with one attached hydrogen (secondary N) is 1. The van der Waals surface area contributed by atoms with Crippen molar-refractivity contribution in [3.05, 3.63) is 119 Å². The number of aliphatic carboxylic acids is 1. The first-order valence-electron chi connectivity index (χ1n) is 13.1. The molecule has 0 aliphatic heterocycles. The summed E-state index contributed by atoms with van der Waals surface area (Å²) < 4.78 is 6.20. The van der Waals surface area contributed by atoms with Crippen molar-refractivity contribution >= 4 is 11.7 Å². The van der Waals surface area contributed by atoms with Crippen LogP contribution in [0, 0.1) is 18.3 Å². The van der Waals surface area contributed by atoms with E-state index in [4.69, 9.17) is 4.74 Å². The molecule has 7 heteroatoms. The van der Waals surface area contributed by atoms with E-state index in [1.165, 1.54) is 22.3 Å². The van der Waals surface area contributed by atoms with Crippen molar-refractivity contribution in [1.82, 2.24) is 5.32 Å². The Kier molecular flexibility index (Phi) is 9.53. The number of carboxylic acid groups (broad SMARTS) is 1. The summed E-state index contributed by atoms with van der Waals surface area (Å²) in [5.74, 6) is -0.529. The standard InChI is InChI=1S/C33H33N3O4/c1-23-28(12-7-13-30(23)26-10-4-3-5-11-26)20-36(2)29-15-14-27(19-35-31(21-37)33(38)39)32(17-29)40-22-25-9-6-8-24(16-25)18-34/h3-17,31,35,37H,19-22H2,1-2H3,(H,38,39). The Morgan fingerprint density at radius 3 is 2.50 bits per heavy atom. The molecule has 0 saturated carbocycles. The van der Waals surface area contributed by atoms with E-state index in [2.05, 4.69) is 53.5 Å². The fourth-order valence-corrected chi connectivity index (χ4v) is 4.55. The van der Waals surface area contributed by atoms with Crippen molar-refractivity contribution in [1.29, 1.82) is 5.26 Å². The Hall–Kier alpha value is -4.64. The van der Waals surface area contributed by atoms with Crippen molar-refractivity contribution < 1.29 is 19.7 Å². The number of anilines is 1. The number of aliphatic hydroxyl groups excluding tert-OH is 1. The maximum Gasteiger partial charge on any atom is 0.323 e. The number of hydrogen-bond donors (Lipinski definition) is 3. The second-order valence-corrected chi connectivity index (χ2v) is 9.66. The molecule has 0 heterocycles. The van der Waals surface area contributed by atoms with E-state index < -0.39 is 18.6 Å². The Morgan fingerprint density at radius 2 is 1.77 bits per heavy atom. The molecule has 0 bridgehead atoms. The third kappa shape index (κ3) is 7.06. The number of hydrogen-bond acceptors (Lipinski definition) is 6. The van der Waals surface area contributed by atoms with E-state index in [1.54, 1.807) is 12.1 Å². The molecule has 0 radical (unpaired) electrons. The molecule has 0 fully saturated rings. The highest BCUT2D eigenvalue weighted by Crippen LogP contribution is 2.30. The Morgan fingerprint density at radius 1 is 1.00 bits per heavy atom. The average Bonchev–Trinajstić information content (AvgIpc) is 2.98. The van der Waals surface area contributed by atoms with Crippen LogP contribution in [-0.4, -0.2) is 35.9 Å². The molecule has 40 heavy (non-hydrogen) atoms.